The second kappa shape index (κ2) is 3.75. The molecule has 1 saturated heterocycles. The van der Waals surface area contributed by atoms with Crippen LogP contribution >= 0.6 is 0 Å². The molecule has 2 heteroatoms. The molecule has 2 fully saturated rings. The largest absolute Gasteiger partial charge is 0.303 e. The molecule has 1 aliphatic heterocycles. The molecule has 2 rings (SSSR count). The van der Waals surface area contributed by atoms with Crippen LogP contribution in [0.25, 0.3) is 0 Å². The fourth-order valence-electron chi connectivity index (χ4n) is 2.28. The van der Waals surface area contributed by atoms with Crippen LogP contribution in [0, 0.1) is 6.54 Å². The summed E-state index contributed by atoms with van der Waals surface area (Å²) in [7, 11) is 2.20. The smallest absolute Gasteiger partial charge is 0.0394 e. The normalized spacial score (nSPS) is 29.8. The van der Waals surface area contributed by atoms with Crippen LogP contribution < -0.4 is 0 Å². The first-order valence-corrected chi connectivity index (χ1v) is 5.14. The third-order valence-electron chi connectivity index (χ3n) is 3.16. The zero-order valence-electron chi connectivity index (χ0n) is 8.00. The summed E-state index contributed by atoms with van der Waals surface area (Å²) in [6.07, 6.45) is 5.76. The van der Waals surface area contributed by atoms with E-state index in [1.807, 2.05) is 0 Å². The zero-order chi connectivity index (χ0) is 8.39. The summed E-state index contributed by atoms with van der Waals surface area (Å²) >= 11 is 0. The van der Waals surface area contributed by atoms with Gasteiger partial charge in [-0.15, -0.1) is 0 Å². The van der Waals surface area contributed by atoms with Crippen molar-refractivity contribution >= 4 is 0 Å². The number of likely N-dealkylation sites (N-methyl/N-ethyl adjacent to an activating group) is 1. The molecule has 0 aromatic heterocycles. The Hall–Kier alpha value is -0.0800. The topological polar surface area (TPSA) is 6.48 Å². The van der Waals surface area contributed by atoms with Crippen LogP contribution in [0.3, 0.4) is 0 Å². The van der Waals surface area contributed by atoms with Gasteiger partial charge < -0.3 is 4.90 Å². The predicted octanol–water partition coefficient (Wildman–Crippen LogP) is 1.34. The number of rotatable bonds is 1. The molecular weight excluding hydrogens is 148 g/mol. The van der Waals surface area contributed by atoms with Gasteiger partial charge in [0, 0.05) is 32.2 Å². The number of hydrogen-bond donors (Lipinski definition) is 0. The van der Waals surface area contributed by atoms with E-state index in [0.717, 1.165) is 12.6 Å². The van der Waals surface area contributed by atoms with E-state index in [0.29, 0.717) is 0 Å². The molecule has 0 unspecified atom stereocenters. The van der Waals surface area contributed by atoms with Crippen LogP contribution in [0.15, 0.2) is 0 Å². The Morgan fingerprint density at radius 3 is 2.50 bits per heavy atom. The average Bonchev–Trinajstić information content (AvgIpc) is 2.58. The van der Waals surface area contributed by atoms with Crippen molar-refractivity contribution in [2.75, 3.05) is 26.7 Å². The molecule has 0 amide bonds. The van der Waals surface area contributed by atoms with Crippen LogP contribution in [0.5, 0.6) is 0 Å². The summed E-state index contributed by atoms with van der Waals surface area (Å²) in [6, 6.07) is 0.888. The molecule has 1 heterocycles. The van der Waals surface area contributed by atoms with Gasteiger partial charge >= 0.3 is 0 Å². The maximum atomic E-state index is 2.58. The summed E-state index contributed by atoms with van der Waals surface area (Å²) in [4.78, 5) is 4.96. The number of nitrogens with zero attached hydrogens (tertiary/aromatic N) is 2. The molecule has 1 saturated carbocycles. The lowest BCUT2D eigenvalue weighted by atomic mass is 10.2. The second-order valence-electron chi connectivity index (χ2n) is 4.12. The van der Waals surface area contributed by atoms with Gasteiger partial charge in [0.05, 0.1) is 0 Å². The zero-order valence-corrected chi connectivity index (χ0v) is 8.00. The highest BCUT2D eigenvalue weighted by Gasteiger charge is 2.24. The maximum absolute atomic E-state index is 2.58. The molecule has 12 heavy (non-hydrogen) atoms. The van der Waals surface area contributed by atoms with Gasteiger partial charge in [-0.3, -0.25) is 4.90 Å². The molecular formula is C10H19N2. The Bertz CT molecular complexity index is 133. The van der Waals surface area contributed by atoms with Crippen LogP contribution in [-0.4, -0.2) is 42.5 Å². The molecule has 0 N–H and O–H groups in total. The van der Waals surface area contributed by atoms with E-state index in [1.54, 1.807) is 0 Å². The number of piperazine rings is 1. The molecule has 1 radical (unpaired) electrons. The van der Waals surface area contributed by atoms with Gasteiger partial charge in [-0.2, -0.15) is 0 Å². The van der Waals surface area contributed by atoms with Crippen molar-refractivity contribution in [1.29, 1.82) is 0 Å². The second-order valence-corrected chi connectivity index (χ2v) is 4.12. The first-order valence-electron chi connectivity index (χ1n) is 5.14. The molecule has 1 aliphatic carbocycles. The van der Waals surface area contributed by atoms with Crippen LogP contribution in [0.4, 0.5) is 0 Å². The Kier molecular flexibility index (Phi) is 2.66. The number of hydrogen-bond acceptors (Lipinski definition) is 2. The fourth-order valence-corrected chi connectivity index (χ4v) is 2.28. The van der Waals surface area contributed by atoms with Gasteiger partial charge in [0.1, 0.15) is 0 Å². The van der Waals surface area contributed by atoms with Crippen molar-refractivity contribution in [3.05, 3.63) is 6.54 Å². The van der Waals surface area contributed by atoms with E-state index < -0.39 is 0 Å². The van der Waals surface area contributed by atoms with Crippen molar-refractivity contribution in [2.24, 2.45) is 0 Å². The molecule has 0 aromatic rings. The Morgan fingerprint density at radius 2 is 1.92 bits per heavy atom. The van der Waals surface area contributed by atoms with E-state index in [4.69, 9.17) is 0 Å². The minimum Gasteiger partial charge on any atom is -0.303 e. The minimum absolute atomic E-state index is 0.888. The van der Waals surface area contributed by atoms with E-state index in [2.05, 4.69) is 23.4 Å². The molecule has 2 nitrogen and oxygen atoms in total. The Balaban J connectivity index is 1.80. The highest BCUT2D eigenvalue weighted by molar-refractivity contribution is 4.86. The third-order valence-corrected chi connectivity index (χ3v) is 3.16. The van der Waals surface area contributed by atoms with Crippen LogP contribution in [0.2, 0.25) is 0 Å². The lowest BCUT2D eigenvalue weighted by Crippen LogP contribution is -2.45. The van der Waals surface area contributed by atoms with Crippen molar-refractivity contribution in [2.45, 2.75) is 31.7 Å². The minimum atomic E-state index is 0.888. The summed E-state index contributed by atoms with van der Waals surface area (Å²) in [5, 5.41) is 0. The maximum Gasteiger partial charge on any atom is 0.0394 e. The van der Waals surface area contributed by atoms with Crippen molar-refractivity contribution in [3.8, 4) is 0 Å². The SMILES string of the molecule is CN1C[CH]N(C2CCCC2)CC1. The van der Waals surface area contributed by atoms with Crippen LogP contribution in [0.1, 0.15) is 25.7 Å². The molecule has 0 bridgehead atoms. The quantitative estimate of drug-likeness (QED) is 0.581. The molecule has 0 spiro atoms. The molecule has 0 atom stereocenters. The van der Waals surface area contributed by atoms with E-state index in [9.17, 15) is 0 Å². The highest BCUT2D eigenvalue weighted by atomic mass is 15.3. The lowest BCUT2D eigenvalue weighted by Gasteiger charge is -2.35. The lowest BCUT2D eigenvalue weighted by molar-refractivity contribution is 0.154. The summed E-state index contributed by atoms with van der Waals surface area (Å²) in [6.45, 7) is 6.03. The average molecular weight is 167 g/mol. The van der Waals surface area contributed by atoms with Crippen molar-refractivity contribution in [1.82, 2.24) is 9.80 Å². The summed E-state index contributed by atoms with van der Waals surface area (Å²) < 4.78 is 0. The van der Waals surface area contributed by atoms with Gasteiger partial charge in [0.25, 0.3) is 0 Å². The van der Waals surface area contributed by atoms with E-state index in [-0.39, 0.29) is 0 Å². The molecule has 2 aliphatic rings. The summed E-state index contributed by atoms with van der Waals surface area (Å²) in [5.74, 6) is 0. The fraction of sp³-hybridized carbons (Fsp3) is 0.900. The van der Waals surface area contributed by atoms with E-state index in [1.165, 1.54) is 38.8 Å². The van der Waals surface area contributed by atoms with Crippen LogP contribution in [-0.2, 0) is 0 Å². The first kappa shape index (κ1) is 8.52. The monoisotopic (exact) mass is 167 g/mol. The standard InChI is InChI=1S/C10H19N2/c1-11-6-8-12(9-7-11)10-4-2-3-5-10/h8,10H,2-7,9H2,1H3. The Morgan fingerprint density at radius 1 is 1.17 bits per heavy atom. The Labute approximate surface area is 75.5 Å². The first-order chi connectivity index (χ1) is 5.86. The van der Waals surface area contributed by atoms with Gasteiger partial charge in [0.15, 0.2) is 0 Å². The van der Waals surface area contributed by atoms with Crippen molar-refractivity contribution < 1.29 is 0 Å². The van der Waals surface area contributed by atoms with Crippen molar-refractivity contribution in [3.63, 3.8) is 0 Å². The third kappa shape index (κ3) is 1.80. The predicted molar refractivity (Wildman–Crippen MR) is 50.8 cm³/mol. The van der Waals surface area contributed by atoms with Gasteiger partial charge in [-0.25, -0.2) is 0 Å². The molecule has 69 valence electrons. The highest BCUT2D eigenvalue weighted by Crippen LogP contribution is 2.25. The molecule has 0 aromatic carbocycles. The van der Waals surface area contributed by atoms with Gasteiger partial charge in [-0.05, 0) is 19.9 Å². The van der Waals surface area contributed by atoms with Gasteiger partial charge in [-0.1, -0.05) is 12.8 Å². The van der Waals surface area contributed by atoms with E-state index >= 15 is 0 Å². The summed E-state index contributed by atoms with van der Waals surface area (Å²) in [5.41, 5.74) is 0. The van der Waals surface area contributed by atoms with Gasteiger partial charge in [0.2, 0.25) is 0 Å².